The summed E-state index contributed by atoms with van der Waals surface area (Å²) in [6.07, 6.45) is 1.53. The molecule has 1 heterocycles. The van der Waals surface area contributed by atoms with E-state index < -0.39 is 10.9 Å². The van der Waals surface area contributed by atoms with E-state index in [9.17, 15) is 19.8 Å². The second kappa shape index (κ2) is 7.88. The van der Waals surface area contributed by atoms with Gasteiger partial charge in [-0.15, -0.1) is 0 Å². The minimum Gasteiger partial charge on any atom is -0.508 e. The van der Waals surface area contributed by atoms with E-state index in [1.165, 1.54) is 12.3 Å². The topological polar surface area (TPSA) is 112 Å². The minimum absolute atomic E-state index is 0.00235. The summed E-state index contributed by atoms with van der Waals surface area (Å²) in [5.41, 5.74) is 1.20. The van der Waals surface area contributed by atoms with Crippen molar-refractivity contribution in [3.63, 3.8) is 0 Å². The highest BCUT2D eigenvalue weighted by atomic mass is 35.5. The molecule has 0 radical (unpaired) electrons. The molecule has 0 aliphatic rings. The van der Waals surface area contributed by atoms with Gasteiger partial charge in [-0.05, 0) is 48.0 Å². The zero-order valence-electron chi connectivity index (χ0n) is 15.5. The van der Waals surface area contributed by atoms with Gasteiger partial charge in [0.25, 0.3) is 10.9 Å². The Kier molecular flexibility index (Phi) is 5.12. The number of hydrogen-bond acceptors (Lipinski definition) is 7. The van der Waals surface area contributed by atoms with Crippen LogP contribution in [0.5, 0.6) is 11.5 Å². The summed E-state index contributed by atoms with van der Waals surface area (Å²) in [4.78, 5) is 28.3. The highest BCUT2D eigenvalue weighted by Gasteiger charge is 2.21. The third kappa shape index (κ3) is 3.83. The predicted molar refractivity (Wildman–Crippen MR) is 116 cm³/mol. The first-order chi connectivity index (χ1) is 14.4. The summed E-state index contributed by atoms with van der Waals surface area (Å²) in [6, 6.07) is 14.5. The number of hydrogen-bond donors (Lipinski definition) is 4. The van der Waals surface area contributed by atoms with Gasteiger partial charge in [-0.25, -0.2) is 0 Å². The highest BCUT2D eigenvalue weighted by Crippen LogP contribution is 2.33. The second-order valence-electron chi connectivity index (χ2n) is 6.65. The third-order valence-electron chi connectivity index (χ3n) is 4.55. The summed E-state index contributed by atoms with van der Waals surface area (Å²) in [7, 11) is 0. The Morgan fingerprint density at radius 2 is 1.73 bits per heavy atom. The fourth-order valence-electron chi connectivity index (χ4n) is 3.05. The molecule has 7 nitrogen and oxygen atoms in total. The molecule has 4 N–H and O–H groups in total. The molecule has 0 aliphatic carbocycles. The van der Waals surface area contributed by atoms with Crippen LogP contribution in [-0.4, -0.2) is 15.2 Å². The Balaban J connectivity index is 1.58. The van der Waals surface area contributed by atoms with E-state index >= 15 is 0 Å². The average Bonchev–Trinajstić information content (AvgIpc) is 2.74. The Morgan fingerprint density at radius 1 is 0.933 bits per heavy atom. The first-order valence-corrected chi connectivity index (χ1v) is 9.37. The lowest BCUT2D eigenvalue weighted by molar-refractivity contribution is 0.474. The van der Waals surface area contributed by atoms with Crippen molar-refractivity contribution in [2.45, 2.75) is 6.54 Å². The highest BCUT2D eigenvalue weighted by molar-refractivity contribution is 6.30. The van der Waals surface area contributed by atoms with Gasteiger partial charge >= 0.3 is 0 Å². The molecule has 0 saturated heterocycles. The van der Waals surface area contributed by atoms with Crippen LogP contribution in [0.25, 0.3) is 11.3 Å². The molecule has 0 aliphatic heterocycles. The van der Waals surface area contributed by atoms with Gasteiger partial charge in [0.05, 0.1) is 5.69 Å². The van der Waals surface area contributed by atoms with Crippen LogP contribution in [0.2, 0.25) is 5.02 Å². The average molecular weight is 422 g/mol. The fraction of sp³-hybridized carbons (Fsp3) is 0.0455. The molecule has 30 heavy (non-hydrogen) atoms. The lowest BCUT2D eigenvalue weighted by Gasteiger charge is -2.16. The summed E-state index contributed by atoms with van der Waals surface area (Å²) in [6.45, 7) is 0.265. The number of nitrogens with one attached hydrogen (secondary N) is 2. The quantitative estimate of drug-likeness (QED) is 0.277. The summed E-state index contributed by atoms with van der Waals surface area (Å²) in [5.74, 6) is 0.117. The van der Waals surface area contributed by atoms with Gasteiger partial charge in [0.1, 0.15) is 22.9 Å². The van der Waals surface area contributed by atoms with Crippen molar-refractivity contribution in [3.05, 3.63) is 91.8 Å². The molecule has 4 aromatic rings. The largest absolute Gasteiger partial charge is 0.508 e. The maximum atomic E-state index is 12.1. The Labute approximate surface area is 175 Å². The molecular weight excluding hydrogens is 406 g/mol. The van der Waals surface area contributed by atoms with Gasteiger partial charge in [0.15, 0.2) is 0 Å². The van der Waals surface area contributed by atoms with Crippen LogP contribution in [-0.2, 0) is 6.54 Å². The number of aromatic nitrogens is 1. The van der Waals surface area contributed by atoms with E-state index in [0.717, 1.165) is 5.56 Å². The summed E-state index contributed by atoms with van der Waals surface area (Å²) in [5, 5.41) is 26.1. The number of halogens is 1. The molecule has 0 spiro atoms. The number of benzene rings is 2. The number of rotatable bonds is 6. The molecule has 0 atom stereocenters. The van der Waals surface area contributed by atoms with E-state index in [0.29, 0.717) is 22.0 Å². The van der Waals surface area contributed by atoms with Crippen molar-refractivity contribution < 1.29 is 10.2 Å². The molecule has 0 bridgehead atoms. The van der Waals surface area contributed by atoms with Gasteiger partial charge in [0, 0.05) is 29.0 Å². The van der Waals surface area contributed by atoms with Crippen LogP contribution < -0.4 is 21.5 Å². The molecule has 4 rings (SSSR count). The monoisotopic (exact) mass is 421 g/mol. The SMILES string of the molecule is O=c1c(NCc2cccc(O)c2)c(Nc2ccc(O)c(-c3cc(Cl)ccn3)c2)c1=O. The molecule has 0 amide bonds. The number of nitrogens with zero attached hydrogens (tertiary/aromatic N) is 1. The maximum Gasteiger partial charge on any atom is 0.253 e. The van der Waals surface area contributed by atoms with Crippen molar-refractivity contribution in [3.8, 4) is 22.8 Å². The van der Waals surface area contributed by atoms with Crippen LogP contribution in [0.15, 0.2) is 70.4 Å². The number of phenols is 2. The van der Waals surface area contributed by atoms with Crippen molar-refractivity contribution in [2.24, 2.45) is 0 Å². The van der Waals surface area contributed by atoms with E-state index in [1.54, 1.807) is 48.5 Å². The second-order valence-corrected chi connectivity index (χ2v) is 7.08. The predicted octanol–water partition coefficient (Wildman–Crippen LogP) is 3.76. The van der Waals surface area contributed by atoms with Gasteiger partial charge in [-0.1, -0.05) is 23.7 Å². The molecule has 3 aromatic carbocycles. The van der Waals surface area contributed by atoms with Crippen molar-refractivity contribution in [2.75, 3.05) is 10.6 Å². The van der Waals surface area contributed by atoms with Crippen LogP contribution in [0.3, 0.4) is 0 Å². The number of aromatic hydroxyl groups is 2. The first kappa shape index (κ1) is 19.5. The molecule has 150 valence electrons. The molecular formula is C22H16ClN3O4. The molecule has 0 saturated carbocycles. The summed E-state index contributed by atoms with van der Waals surface area (Å²) < 4.78 is 0. The standard InChI is InChI=1S/C22H16ClN3O4/c23-13-6-7-24-17(9-13)16-10-14(4-5-18(16)28)26-20-19(21(29)22(20)30)25-11-12-2-1-3-15(27)8-12/h1-10,25-28H,11H2. The van der Waals surface area contributed by atoms with E-state index in [-0.39, 0.29) is 29.4 Å². The van der Waals surface area contributed by atoms with E-state index in [1.807, 2.05) is 0 Å². The zero-order valence-corrected chi connectivity index (χ0v) is 16.3. The number of anilines is 3. The smallest absolute Gasteiger partial charge is 0.253 e. The normalized spacial score (nSPS) is 10.8. The van der Waals surface area contributed by atoms with E-state index in [4.69, 9.17) is 11.6 Å². The number of phenolic OH excluding ortho intramolecular Hbond substituents is 2. The van der Waals surface area contributed by atoms with Crippen LogP contribution in [0.4, 0.5) is 17.1 Å². The van der Waals surface area contributed by atoms with Gasteiger partial charge in [-0.3, -0.25) is 14.6 Å². The molecule has 0 fully saturated rings. The zero-order chi connectivity index (χ0) is 21.3. The third-order valence-corrected chi connectivity index (χ3v) is 4.79. The Morgan fingerprint density at radius 3 is 2.50 bits per heavy atom. The van der Waals surface area contributed by atoms with E-state index in [2.05, 4.69) is 15.6 Å². The lowest BCUT2D eigenvalue weighted by Crippen LogP contribution is -2.36. The number of pyridine rings is 1. The van der Waals surface area contributed by atoms with Crippen LogP contribution in [0.1, 0.15) is 5.56 Å². The van der Waals surface area contributed by atoms with Gasteiger partial charge in [0.2, 0.25) is 0 Å². The fourth-order valence-corrected chi connectivity index (χ4v) is 3.21. The van der Waals surface area contributed by atoms with Gasteiger partial charge < -0.3 is 20.8 Å². The van der Waals surface area contributed by atoms with Crippen molar-refractivity contribution in [1.29, 1.82) is 0 Å². The van der Waals surface area contributed by atoms with Gasteiger partial charge in [-0.2, -0.15) is 0 Å². The Hall–Kier alpha value is -3.84. The molecule has 0 unspecified atom stereocenters. The first-order valence-electron chi connectivity index (χ1n) is 8.99. The lowest BCUT2D eigenvalue weighted by atomic mass is 10.1. The van der Waals surface area contributed by atoms with Crippen molar-refractivity contribution >= 4 is 28.7 Å². The van der Waals surface area contributed by atoms with Crippen molar-refractivity contribution in [1.82, 2.24) is 4.98 Å². The van der Waals surface area contributed by atoms with Crippen LogP contribution >= 0.6 is 11.6 Å². The maximum absolute atomic E-state index is 12.1. The van der Waals surface area contributed by atoms with Crippen LogP contribution in [0, 0.1) is 0 Å². The minimum atomic E-state index is -0.635. The molecule has 8 heteroatoms. The Bertz CT molecular complexity index is 1310. The molecule has 1 aromatic heterocycles. The summed E-state index contributed by atoms with van der Waals surface area (Å²) >= 11 is 6.00.